The fourth-order valence-electron chi connectivity index (χ4n) is 4.19. The van der Waals surface area contributed by atoms with Crippen molar-refractivity contribution in [3.05, 3.63) is 54.0 Å². The monoisotopic (exact) mass is 438 g/mol. The van der Waals surface area contributed by atoms with Gasteiger partial charge in [0.15, 0.2) is 11.0 Å². The van der Waals surface area contributed by atoms with E-state index in [1.165, 1.54) is 49.4 Å². The van der Waals surface area contributed by atoms with Crippen LogP contribution in [0.25, 0.3) is 11.4 Å². The molecule has 164 valence electrons. The molecule has 1 fully saturated rings. The zero-order valence-electron chi connectivity index (χ0n) is 18.3. The minimum absolute atomic E-state index is 0.139. The first-order valence-corrected chi connectivity index (χ1v) is 12.0. The highest BCUT2D eigenvalue weighted by molar-refractivity contribution is 7.99. The second-order valence-electron chi connectivity index (χ2n) is 8.41. The molecule has 0 N–H and O–H groups in total. The Bertz CT molecular complexity index is 993. The molecule has 1 aliphatic rings. The van der Waals surface area contributed by atoms with Gasteiger partial charge in [-0.1, -0.05) is 54.8 Å². The second kappa shape index (κ2) is 10.2. The molecule has 0 saturated heterocycles. The van der Waals surface area contributed by atoms with Crippen LogP contribution in [0, 0.1) is 12.8 Å². The molecule has 1 amide bonds. The molecule has 7 heteroatoms. The van der Waals surface area contributed by atoms with E-state index >= 15 is 0 Å². The molecule has 1 saturated carbocycles. The van der Waals surface area contributed by atoms with Gasteiger partial charge >= 0.3 is 0 Å². The summed E-state index contributed by atoms with van der Waals surface area (Å²) >= 11 is 1.44. The van der Waals surface area contributed by atoms with Crippen molar-refractivity contribution < 1.29 is 9.21 Å². The molecule has 0 spiro atoms. The second-order valence-corrected chi connectivity index (χ2v) is 9.35. The Morgan fingerprint density at radius 2 is 2.03 bits per heavy atom. The number of aryl methyl sites for hydroxylation is 1. The van der Waals surface area contributed by atoms with Gasteiger partial charge in [0.25, 0.3) is 0 Å². The highest BCUT2D eigenvalue weighted by Crippen LogP contribution is 2.27. The van der Waals surface area contributed by atoms with Gasteiger partial charge < -0.3 is 9.32 Å². The van der Waals surface area contributed by atoms with Crippen LogP contribution < -0.4 is 0 Å². The normalized spacial score (nSPS) is 14.6. The molecule has 2 aromatic heterocycles. The lowest BCUT2D eigenvalue weighted by Gasteiger charge is -2.27. The van der Waals surface area contributed by atoms with Crippen molar-refractivity contribution in [1.29, 1.82) is 0 Å². The van der Waals surface area contributed by atoms with Crippen molar-refractivity contribution in [2.45, 2.75) is 50.7 Å². The average Bonchev–Trinajstić information content (AvgIpc) is 3.43. The van der Waals surface area contributed by atoms with Gasteiger partial charge in [-0.3, -0.25) is 9.36 Å². The molecule has 0 aliphatic heterocycles. The van der Waals surface area contributed by atoms with Gasteiger partial charge in [0, 0.05) is 19.2 Å². The van der Waals surface area contributed by atoms with Crippen LogP contribution in [0.15, 0.2) is 52.2 Å². The van der Waals surface area contributed by atoms with Crippen molar-refractivity contribution in [1.82, 2.24) is 19.7 Å². The van der Waals surface area contributed by atoms with Crippen LogP contribution in [0.2, 0.25) is 0 Å². The lowest BCUT2D eigenvalue weighted by molar-refractivity contribution is -0.127. The van der Waals surface area contributed by atoms with E-state index in [1.807, 2.05) is 40.8 Å². The maximum absolute atomic E-state index is 12.8. The summed E-state index contributed by atoms with van der Waals surface area (Å²) < 4.78 is 7.60. The lowest BCUT2D eigenvalue weighted by atomic mass is 9.89. The summed E-state index contributed by atoms with van der Waals surface area (Å²) in [6.07, 6.45) is 8.06. The largest absolute Gasteiger partial charge is 0.467 e. The molecule has 0 unspecified atom stereocenters. The molecule has 0 atom stereocenters. The Hall–Kier alpha value is -2.54. The summed E-state index contributed by atoms with van der Waals surface area (Å²) in [4.78, 5) is 14.7. The standard InChI is InChI=1S/C24H30N4O2S/c1-18-8-6-11-20(14-18)23-25-26-24(28(23)16-21-12-7-13-30-21)31-17-22(29)27(2)15-19-9-4-3-5-10-19/h6-8,11-14,19H,3-5,9-10,15-17H2,1-2H3. The molecule has 0 radical (unpaired) electrons. The number of carbonyl (C=O) groups is 1. The number of furan rings is 1. The van der Waals surface area contributed by atoms with E-state index in [0.29, 0.717) is 18.2 Å². The third-order valence-electron chi connectivity index (χ3n) is 5.89. The zero-order chi connectivity index (χ0) is 21.6. The maximum Gasteiger partial charge on any atom is 0.232 e. The number of hydrogen-bond donors (Lipinski definition) is 0. The Morgan fingerprint density at radius 1 is 1.19 bits per heavy atom. The van der Waals surface area contributed by atoms with Crippen LogP contribution in [-0.4, -0.2) is 44.9 Å². The Kier molecular flexibility index (Phi) is 7.12. The quantitative estimate of drug-likeness (QED) is 0.462. The summed E-state index contributed by atoms with van der Waals surface area (Å²) in [6, 6.07) is 12.0. The minimum Gasteiger partial charge on any atom is -0.467 e. The number of hydrogen-bond acceptors (Lipinski definition) is 5. The highest BCUT2D eigenvalue weighted by Gasteiger charge is 2.21. The SMILES string of the molecule is Cc1cccc(-c2nnc(SCC(=O)N(C)CC3CCCCC3)n2Cc2ccco2)c1. The number of carbonyl (C=O) groups excluding carboxylic acids is 1. The smallest absolute Gasteiger partial charge is 0.232 e. The molecule has 3 aromatic rings. The third-order valence-corrected chi connectivity index (χ3v) is 6.85. The molecule has 0 bridgehead atoms. The number of benzene rings is 1. The van der Waals surface area contributed by atoms with Gasteiger partial charge in [0.05, 0.1) is 18.6 Å². The van der Waals surface area contributed by atoms with Crippen LogP contribution in [0.1, 0.15) is 43.4 Å². The Balaban J connectivity index is 1.47. The van der Waals surface area contributed by atoms with E-state index in [4.69, 9.17) is 4.42 Å². The molecule has 1 aliphatic carbocycles. The molecule has 1 aromatic carbocycles. The first-order valence-electron chi connectivity index (χ1n) is 11.0. The summed E-state index contributed by atoms with van der Waals surface area (Å²) in [5.41, 5.74) is 2.17. The van der Waals surface area contributed by atoms with E-state index in [1.54, 1.807) is 6.26 Å². The van der Waals surface area contributed by atoms with E-state index in [2.05, 4.69) is 29.3 Å². The zero-order valence-corrected chi connectivity index (χ0v) is 19.1. The van der Waals surface area contributed by atoms with Gasteiger partial charge in [-0.15, -0.1) is 10.2 Å². The fourth-order valence-corrected chi connectivity index (χ4v) is 5.07. The molecule has 4 rings (SSSR count). The number of thioether (sulfide) groups is 1. The van der Waals surface area contributed by atoms with Crippen molar-refractivity contribution in [3.63, 3.8) is 0 Å². The topological polar surface area (TPSA) is 64.2 Å². The van der Waals surface area contributed by atoms with Gasteiger partial charge in [-0.05, 0) is 43.9 Å². The maximum atomic E-state index is 12.8. The number of amides is 1. The van der Waals surface area contributed by atoms with Crippen LogP contribution >= 0.6 is 11.8 Å². The van der Waals surface area contributed by atoms with Crippen molar-refractivity contribution in [2.24, 2.45) is 5.92 Å². The van der Waals surface area contributed by atoms with E-state index in [-0.39, 0.29) is 5.91 Å². The van der Waals surface area contributed by atoms with Gasteiger partial charge in [0.1, 0.15) is 5.76 Å². The molecule has 2 heterocycles. The van der Waals surface area contributed by atoms with Crippen molar-refractivity contribution in [3.8, 4) is 11.4 Å². The third kappa shape index (κ3) is 5.58. The predicted molar refractivity (Wildman–Crippen MR) is 123 cm³/mol. The predicted octanol–water partition coefficient (Wildman–Crippen LogP) is 5.03. The van der Waals surface area contributed by atoms with Crippen molar-refractivity contribution in [2.75, 3.05) is 19.3 Å². The summed E-state index contributed by atoms with van der Waals surface area (Å²) in [6.45, 7) is 3.44. The fraction of sp³-hybridized carbons (Fsp3) is 0.458. The number of aromatic nitrogens is 3. The molecular formula is C24H30N4O2S. The average molecular weight is 439 g/mol. The highest BCUT2D eigenvalue weighted by atomic mass is 32.2. The minimum atomic E-state index is 0.139. The number of nitrogens with zero attached hydrogens (tertiary/aromatic N) is 4. The van der Waals surface area contributed by atoms with Gasteiger partial charge in [-0.25, -0.2) is 0 Å². The number of rotatable bonds is 8. The molecular weight excluding hydrogens is 408 g/mol. The summed E-state index contributed by atoms with van der Waals surface area (Å²) in [5, 5.41) is 9.59. The Morgan fingerprint density at radius 3 is 2.77 bits per heavy atom. The van der Waals surface area contributed by atoms with E-state index < -0.39 is 0 Å². The van der Waals surface area contributed by atoms with Crippen LogP contribution in [-0.2, 0) is 11.3 Å². The first-order chi connectivity index (χ1) is 15.1. The summed E-state index contributed by atoms with van der Waals surface area (Å²) in [5.74, 6) is 2.75. The van der Waals surface area contributed by atoms with Crippen molar-refractivity contribution >= 4 is 17.7 Å². The molecule has 6 nitrogen and oxygen atoms in total. The van der Waals surface area contributed by atoms with Gasteiger partial charge in [-0.2, -0.15) is 0 Å². The first kappa shape index (κ1) is 21.7. The Labute approximate surface area is 188 Å². The van der Waals surface area contributed by atoms with E-state index in [9.17, 15) is 4.79 Å². The van der Waals surface area contributed by atoms with Gasteiger partial charge in [0.2, 0.25) is 5.91 Å². The van der Waals surface area contributed by atoms with Crippen LogP contribution in [0.5, 0.6) is 0 Å². The van der Waals surface area contributed by atoms with E-state index in [0.717, 1.165) is 28.8 Å². The van der Waals surface area contributed by atoms with Crippen LogP contribution in [0.3, 0.4) is 0 Å². The lowest BCUT2D eigenvalue weighted by Crippen LogP contribution is -2.33. The van der Waals surface area contributed by atoms with Crippen LogP contribution in [0.4, 0.5) is 0 Å². The molecule has 31 heavy (non-hydrogen) atoms. The summed E-state index contributed by atoms with van der Waals surface area (Å²) in [7, 11) is 1.92.